The maximum atomic E-state index is 5.81. The predicted octanol–water partition coefficient (Wildman–Crippen LogP) is 1.28. The van der Waals surface area contributed by atoms with E-state index in [4.69, 9.17) is 22.1 Å². The molecule has 2 N–H and O–H groups in total. The number of aryl methyl sites for hydroxylation is 1. The minimum Gasteiger partial charge on any atom is -0.477 e. The Balaban J connectivity index is 2.57. The lowest BCUT2D eigenvalue weighted by Crippen LogP contribution is -2.08. The third kappa shape index (κ3) is 2.60. The third-order valence-electron chi connectivity index (χ3n) is 1.68. The van der Waals surface area contributed by atoms with Gasteiger partial charge in [0.25, 0.3) is 0 Å². The highest BCUT2D eigenvalue weighted by molar-refractivity contribution is 6.30. The van der Waals surface area contributed by atoms with Gasteiger partial charge in [-0.15, -0.1) is 0 Å². The fraction of sp³-hybridized carbons (Fsp3) is 0.625. The SMILES string of the molecule is CCn1cnc(Cl)c1OCCCN. The van der Waals surface area contributed by atoms with Crippen molar-refractivity contribution in [1.82, 2.24) is 9.55 Å². The van der Waals surface area contributed by atoms with Gasteiger partial charge in [0.05, 0.1) is 12.9 Å². The Morgan fingerprint density at radius 2 is 2.46 bits per heavy atom. The average Bonchev–Trinajstić information content (AvgIpc) is 2.48. The van der Waals surface area contributed by atoms with E-state index in [1.54, 1.807) is 6.33 Å². The van der Waals surface area contributed by atoms with E-state index < -0.39 is 0 Å². The maximum Gasteiger partial charge on any atom is 0.233 e. The number of ether oxygens (including phenoxy) is 1. The molecule has 0 atom stereocenters. The summed E-state index contributed by atoms with van der Waals surface area (Å²) < 4.78 is 7.29. The number of hydrogen-bond acceptors (Lipinski definition) is 3. The zero-order valence-corrected chi connectivity index (χ0v) is 8.42. The Kier molecular flexibility index (Phi) is 4.05. The Morgan fingerprint density at radius 3 is 3.08 bits per heavy atom. The molecule has 0 aromatic carbocycles. The average molecular weight is 204 g/mol. The van der Waals surface area contributed by atoms with E-state index in [1.165, 1.54) is 0 Å². The molecule has 0 aliphatic rings. The monoisotopic (exact) mass is 203 g/mol. The first kappa shape index (κ1) is 10.3. The van der Waals surface area contributed by atoms with Gasteiger partial charge in [-0.05, 0) is 19.9 Å². The molecule has 74 valence electrons. The Hall–Kier alpha value is -0.740. The molecule has 1 rings (SSSR count). The fourth-order valence-electron chi connectivity index (χ4n) is 0.966. The number of nitrogens with two attached hydrogens (primary N) is 1. The molecule has 13 heavy (non-hydrogen) atoms. The summed E-state index contributed by atoms with van der Waals surface area (Å²) in [7, 11) is 0. The number of rotatable bonds is 5. The van der Waals surface area contributed by atoms with Gasteiger partial charge in [-0.1, -0.05) is 11.6 Å². The van der Waals surface area contributed by atoms with E-state index in [0.717, 1.165) is 13.0 Å². The van der Waals surface area contributed by atoms with Crippen LogP contribution in [0.5, 0.6) is 5.88 Å². The van der Waals surface area contributed by atoms with Crippen molar-refractivity contribution in [2.24, 2.45) is 5.73 Å². The second-order valence-electron chi connectivity index (χ2n) is 2.62. The van der Waals surface area contributed by atoms with Crippen LogP contribution in [0.15, 0.2) is 6.33 Å². The molecule has 0 saturated heterocycles. The van der Waals surface area contributed by atoms with Gasteiger partial charge in [-0.2, -0.15) is 0 Å². The number of aromatic nitrogens is 2. The topological polar surface area (TPSA) is 53.1 Å². The van der Waals surface area contributed by atoms with Crippen molar-refractivity contribution in [3.8, 4) is 5.88 Å². The summed E-state index contributed by atoms with van der Waals surface area (Å²) >= 11 is 5.81. The molecule has 0 bridgehead atoms. The summed E-state index contributed by atoms with van der Waals surface area (Å²) in [5.74, 6) is 0.637. The molecule has 4 nitrogen and oxygen atoms in total. The van der Waals surface area contributed by atoms with Crippen molar-refractivity contribution in [2.75, 3.05) is 13.2 Å². The molecule has 0 fully saturated rings. The van der Waals surface area contributed by atoms with E-state index in [2.05, 4.69) is 4.98 Å². The molecular formula is C8H14ClN3O. The van der Waals surface area contributed by atoms with Crippen LogP contribution in [-0.4, -0.2) is 22.7 Å². The Labute approximate surface area is 82.7 Å². The molecule has 0 amide bonds. The van der Waals surface area contributed by atoms with Crippen molar-refractivity contribution >= 4 is 11.6 Å². The smallest absolute Gasteiger partial charge is 0.233 e. The van der Waals surface area contributed by atoms with Gasteiger partial charge in [0.2, 0.25) is 5.88 Å². The molecule has 0 aliphatic carbocycles. The van der Waals surface area contributed by atoms with Gasteiger partial charge in [-0.25, -0.2) is 4.98 Å². The summed E-state index contributed by atoms with van der Waals surface area (Å²) in [5.41, 5.74) is 5.34. The van der Waals surface area contributed by atoms with Crippen LogP contribution in [0.25, 0.3) is 0 Å². The van der Waals surface area contributed by atoms with Crippen LogP contribution in [0, 0.1) is 0 Å². The van der Waals surface area contributed by atoms with E-state index in [9.17, 15) is 0 Å². The second kappa shape index (κ2) is 5.09. The standard InChI is InChI=1S/C8H14ClN3O/c1-2-12-6-11-7(9)8(12)13-5-3-4-10/h6H,2-5,10H2,1H3. The lowest BCUT2D eigenvalue weighted by molar-refractivity contribution is 0.288. The highest BCUT2D eigenvalue weighted by Gasteiger charge is 2.08. The molecule has 0 aliphatic heterocycles. The van der Waals surface area contributed by atoms with Crippen LogP contribution in [0.4, 0.5) is 0 Å². The van der Waals surface area contributed by atoms with Crippen LogP contribution in [0.1, 0.15) is 13.3 Å². The Morgan fingerprint density at radius 1 is 1.69 bits per heavy atom. The highest BCUT2D eigenvalue weighted by atomic mass is 35.5. The molecule has 0 unspecified atom stereocenters. The number of nitrogens with zero attached hydrogens (tertiary/aromatic N) is 2. The highest BCUT2D eigenvalue weighted by Crippen LogP contribution is 2.22. The summed E-state index contributed by atoms with van der Waals surface area (Å²) in [6, 6.07) is 0. The largest absolute Gasteiger partial charge is 0.477 e. The summed E-state index contributed by atoms with van der Waals surface area (Å²) in [4.78, 5) is 3.94. The van der Waals surface area contributed by atoms with Crippen LogP contribution in [0.3, 0.4) is 0 Å². The van der Waals surface area contributed by atoms with Gasteiger partial charge in [0.1, 0.15) is 0 Å². The minimum atomic E-state index is 0.416. The van der Waals surface area contributed by atoms with Gasteiger partial charge in [-0.3, -0.25) is 0 Å². The van der Waals surface area contributed by atoms with Crippen LogP contribution < -0.4 is 10.5 Å². The quantitative estimate of drug-likeness (QED) is 0.734. The lowest BCUT2D eigenvalue weighted by atomic mass is 10.5. The summed E-state index contributed by atoms with van der Waals surface area (Å²) in [5, 5.41) is 0.416. The van der Waals surface area contributed by atoms with Crippen LogP contribution in [-0.2, 0) is 6.54 Å². The first-order valence-electron chi connectivity index (χ1n) is 4.33. The number of hydrogen-bond donors (Lipinski definition) is 1. The van der Waals surface area contributed by atoms with Crippen LogP contribution in [0.2, 0.25) is 5.15 Å². The molecule has 0 radical (unpaired) electrons. The second-order valence-corrected chi connectivity index (χ2v) is 2.98. The van der Waals surface area contributed by atoms with Gasteiger partial charge < -0.3 is 15.0 Å². The Bertz CT molecular complexity index is 262. The molecule has 5 heteroatoms. The van der Waals surface area contributed by atoms with Gasteiger partial charge in [0, 0.05) is 6.54 Å². The van der Waals surface area contributed by atoms with Crippen molar-refractivity contribution < 1.29 is 4.74 Å². The first-order chi connectivity index (χ1) is 6.29. The zero-order valence-electron chi connectivity index (χ0n) is 7.66. The molecule has 1 aromatic rings. The fourth-order valence-corrected chi connectivity index (χ4v) is 1.17. The van der Waals surface area contributed by atoms with E-state index >= 15 is 0 Å². The predicted molar refractivity (Wildman–Crippen MR) is 52.1 cm³/mol. The lowest BCUT2D eigenvalue weighted by Gasteiger charge is -2.07. The molecule has 1 heterocycles. The normalized spacial score (nSPS) is 10.4. The van der Waals surface area contributed by atoms with E-state index in [1.807, 2.05) is 11.5 Å². The first-order valence-corrected chi connectivity index (χ1v) is 4.70. The molecule has 0 spiro atoms. The van der Waals surface area contributed by atoms with Crippen molar-refractivity contribution in [2.45, 2.75) is 19.9 Å². The van der Waals surface area contributed by atoms with Crippen molar-refractivity contribution in [3.63, 3.8) is 0 Å². The molecule has 0 saturated carbocycles. The summed E-state index contributed by atoms with van der Waals surface area (Å²) in [6.07, 6.45) is 2.49. The van der Waals surface area contributed by atoms with E-state index in [0.29, 0.717) is 24.2 Å². The van der Waals surface area contributed by atoms with Gasteiger partial charge in [0.15, 0.2) is 5.15 Å². The third-order valence-corrected chi connectivity index (χ3v) is 1.93. The maximum absolute atomic E-state index is 5.81. The van der Waals surface area contributed by atoms with Crippen molar-refractivity contribution in [3.05, 3.63) is 11.5 Å². The van der Waals surface area contributed by atoms with Crippen molar-refractivity contribution in [1.29, 1.82) is 0 Å². The molecular weight excluding hydrogens is 190 g/mol. The summed E-state index contributed by atoms with van der Waals surface area (Å²) in [6.45, 7) is 4.02. The zero-order chi connectivity index (χ0) is 9.68. The van der Waals surface area contributed by atoms with E-state index in [-0.39, 0.29) is 0 Å². The number of imidazole rings is 1. The number of halogens is 1. The minimum absolute atomic E-state index is 0.416. The van der Waals surface area contributed by atoms with Gasteiger partial charge >= 0.3 is 0 Å². The molecule has 1 aromatic heterocycles. The van der Waals surface area contributed by atoms with Crippen LogP contribution >= 0.6 is 11.6 Å².